The molecule has 0 unspecified atom stereocenters. The number of hydrogen-bond acceptors (Lipinski definition) is 4. The SMILES string of the molecule is O=C(/C=C/c1ccccc1)c1cccc(-c2nn[nH]n2)c1. The summed E-state index contributed by atoms with van der Waals surface area (Å²) in [6, 6.07) is 16.8. The van der Waals surface area contributed by atoms with Crippen LogP contribution in [0.1, 0.15) is 15.9 Å². The lowest BCUT2D eigenvalue weighted by molar-refractivity contribution is 0.104. The fourth-order valence-corrected chi connectivity index (χ4v) is 1.93. The molecule has 0 bridgehead atoms. The summed E-state index contributed by atoms with van der Waals surface area (Å²) in [4.78, 5) is 12.2. The first-order chi connectivity index (χ1) is 10.3. The number of aromatic nitrogens is 4. The Bertz CT molecular complexity index is 764. The van der Waals surface area contributed by atoms with Crippen molar-refractivity contribution in [3.63, 3.8) is 0 Å². The maximum absolute atomic E-state index is 12.2. The third-order valence-corrected chi connectivity index (χ3v) is 2.98. The quantitative estimate of drug-likeness (QED) is 0.587. The fraction of sp³-hybridized carbons (Fsp3) is 0. The molecule has 5 nitrogen and oxygen atoms in total. The van der Waals surface area contributed by atoms with E-state index in [0.29, 0.717) is 11.4 Å². The van der Waals surface area contributed by atoms with Gasteiger partial charge in [0.05, 0.1) is 0 Å². The number of rotatable bonds is 4. The molecule has 0 atom stereocenters. The molecule has 0 spiro atoms. The predicted molar refractivity (Wildman–Crippen MR) is 79.4 cm³/mol. The Hall–Kier alpha value is -3.08. The van der Waals surface area contributed by atoms with E-state index in [0.717, 1.165) is 11.1 Å². The monoisotopic (exact) mass is 276 g/mol. The number of benzene rings is 2. The van der Waals surface area contributed by atoms with Gasteiger partial charge in [0.2, 0.25) is 5.82 Å². The van der Waals surface area contributed by atoms with Gasteiger partial charge in [0.25, 0.3) is 0 Å². The smallest absolute Gasteiger partial charge is 0.204 e. The van der Waals surface area contributed by atoms with E-state index in [-0.39, 0.29) is 5.78 Å². The minimum Gasteiger partial charge on any atom is -0.289 e. The van der Waals surface area contributed by atoms with Crippen molar-refractivity contribution in [3.05, 3.63) is 71.8 Å². The molecule has 5 heteroatoms. The second kappa shape index (κ2) is 5.92. The van der Waals surface area contributed by atoms with E-state index in [9.17, 15) is 4.79 Å². The van der Waals surface area contributed by atoms with Crippen LogP contribution in [0.5, 0.6) is 0 Å². The molecule has 102 valence electrons. The average Bonchev–Trinajstić information content (AvgIpc) is 3.08. The Balaban J connectivity index is 1.82. The molecule has 3 rings (SSSR count). The number of nitrogens with one attached hydrogen (secondary N) is 1. The summed E-state index contributed by atoms with van der Waals surface area (Å²) in [5.74, 6) is 0.404. The van der Waals surface area contributed by atoms with Crippen LogP contribution in [0.15, 0.2) is 60.7 Å². The molecule has 1 heterocycles. The van der Waals surface area contributed by atoms with Gasteiger partial charge >= 0.3 is 0 Å². The van der Waals surface area contributed by atoms with E-state index in [1.807, 2.05) is 36.4 Å². The number of nitrogens with zero attached hydrogens (tertiary/aromatic N) is 3. The topological polar surface area (TPSA) is 71.5 Å². The highest BCUT2D eigenvalue weighted by atomic mass is 16.1. The van der Waals surface area contributed by atoms with Gasteiger partial charge in [-0.1, -0.05) is 54.6 Å². The van der Waals surface area contributed by atoms with Gasteiger partial charge in [-0.2, -0.15) is 5.21 Å². The molecule has 1 N–H and O–H groups in total. The van der Waals surface area contributed by atoms with Crippen molar-refractivity contribution in [1.82, 2.24) is 20.6 Å². The van der Waals surface area contributed by atoms with Crippen molar-refractivity contribution in [2.45, 2.75) is 0 Å². The zero-order valence-electron chi connectivity index (χ0n) is 11.1. The molecule has 0 saturated heterocycles. The standard InChI is InChI=1S/C16H12N4O/c21-15(10-9-12-5-2-1-3-6-12)13-7-4-8-14(11-13)16-17-19-20-18-16/h1-11H,(H,17,18,19,20)/b10-9+. The lowest BCUT2D eigenvalue weighted by atomic mass is 10.1. The van der Waals surface area contributed by atoms with E-state index in [4.69, 9.17) is 0 Å². The summed E-state index contributed by atoms with van der Waals surface area (Å²) >= 11 is 0. The van der Waals surface area contributed by atoms with Crippen molar-refractivity contribution in [3.8, 4) is 11.4 Å². The number of hydrogen-bond donors (Lipinski definition) is 1. The van der Waals surface area contributed by atoms with Crippen LogP contribution in [0.3, 0.4) is 0 Å². The number of aromatic amines is 1. The molecule has 21 heavy (non-hydrogen) atoms. The first-order valence-corrected chi connectivity index (χ1v) is 6.44. The minimum atomic E-state index is -0.0656. The van der Waals surface area contributed by atoms with Gasteiger partial charge in [0.1, 0.15) is 0 Å². The van der Waals surface area contributed by atoms with E-state index in [2.05, 4.69) is 20.6 Å². The minimum absolute atomic E-state index is 0.0656. The normalized spacial score (nSPS) is 10.9. The third kappa shape index (κ3) is 3.09. The van der Waals surface area contributed by atoms with Crippen LogP contribution in [-0.4, -0.2) is 26.4 Å². The van der Waals surface area contributed by atoms with E-state index in [1.54, 1.807) is 30.4 Å². The van der Waals surface area contributed by atoms with Crippen LogP contribution in [0.25, 0.3) is 17.5 Å². The summed E-state index contributed by atoms with van der Waals surface area (Å²) in [6.45, 7) is 0. The average molecular weight is 276 g/mol. The number of tetrazole rings is 1. The Kier molecular flexibility index (Phi) is 3.64. The number of carbonyl (C=O) groups is 1. The number of ketones is 1. The van der Waals surface area contributed by atoms with Crippen LogP contribution in [0, 0.1) is 0 Å². The lowest BCUT2D eigenvalue weighted by Crippen LogP contribution is -1.95. The molecule has 0 aliphatic heterocycles. The summed E-state index contributed by atoms with van der Waals surface area (Å²) in [6.07, 6.45) is 3.36. The van der Waals surface area contributed by atoms with Crippen LogP contribution in [0.2, 0.25) is 0 Å². The predicted octanol–water partition coefficient (Wildman–Crippen LogP) is 2.76. The summed E-state index contributed by atoms with van der Waals surface area (Å²) in [5.41, 5.74) is 2.33. The maximum atomic E-state index is 12.2. The molecule has 0 aliphatic carbocycles. The van der Waals surface area contributed by atoms with Crippen molar-refractivity contribution in [2.24, 2.45) is 0 Å². The van der Waals surface area contributed by atoms with Crippen molar-refractivity contribution in [2.75, 3.05) is 0 Å². The van der Waals surface area contributed by atoms with Crippen LogP contribution in [0.4, 0.5) is 0 Å². The van der Waals surface area contributed by atoms with Gasteiger partial charge < -0.3 is 0 Å². The Morgan fingerprint density at radius 3 is 2.67 bits per heavy atom. The second-order valence-electron chi connectivity index (χ2n) is 4.42. The Morgan fingerprint density at radius 2 is 1.90 bits per heavy atom. The first-order valence-electron chi connectivity index (χ1n) is 6.44. The lowest BCUT2D eigenvalue weighted by Gasteiger charge is -1.99. The molecule has 2 aromatic carbocycles. The molecule has 3 aromatic rings. The zero-order valence-corrected chi connectivity index (χ0v) is 11.1. The van der Waals surface area contributed by atoms with Crippen molar-refractivity contribution < 1.29 is 4.79 Å². The third-order valence-electron chi connectivity index (χ3n) is 2.98. The molecule has 0 fully saturated rings. The fourth-order valence-electron chi connectivity index (χ4n) is 1.93. The van der Waals surface area contributed by atoms with Gasteiger partial charge in [0.15, 0.2) is 5.78 Å². The van der Waals surface area contributed by atoms with Crippen molar-refractivity contribution >= 4 is 11.9 Å². The van der Waals surface area contributed by atoms with E-state index >= 15 is 0 Å². The molecule has 1 aromatic heterocycles. The molecular formula is C16H12N4O. The van der Waals surface area contributed by atoms with E-state index < -0.39 is 0 Å². The number of allylic oxidation sites excluding steroid dienone is 1. The highest BCUT2D eigenvalue weighted by molar-refractivity contribution is 6.07. The molecular weight excluding hydrogens is 264 g/mol. The van der Waals surface area contributed by atoms with Crippen molar-refractivity contribution in [1.29, 1.82) is 0 Å². The highest BCUT2D eigenvalue weighted by Gasteiger charge is 2.07. The number of H-pyrrole nitrogens is 1. The zero-order chi connectivity index (χ0) is 14.5. The van der Waals surface area contributed by atoms with Gasteiger partial charge in [-0.25, -0.2) is 0 Å². The van der Waals surface area contributed by atoms with Gasteiger partial charge in [-0.05, 0) is 22.9 Å². The summed E-state index contributed by atoms with van der Waals surface area (Å²) in [7, 11) is 0. The van der Waals surface area contributed by atoms with Gasteiger partial charge in [-0.3, -0.25) is 4.79 Å². The van der Waals surface area contributed by atoms with Gasteiger partial charge in [0, 0.05) is 11.1 Å². The summed E-state index contributed by atoms with van der Waals surface area (Å²) < 4.78 is 0. The van der Waals surface area contributed by atoms with E-state index in [1.165, 1.54) is 0 Å². The Morgan fingerprint density at radius 1 is 1.05 bits per heavy atom. The summed E-state index contributed by atoms with van der Waals surface area (Å²) in [5, 5.41) is 13.7. The van der Waals surface area contributed by atoms with Gasteiger partial charge in [-0.15, -0.1) is 10.2 Å². The van der Waals surface area contributed by atoms with Crippen LogP contribution >= 0.6 is 0 Å². The van der Waals surface area contributed by atoms with Crippen LogP contribution in [-0.2, 0) is 0 Å². The molecule has 0 radical (unpaired) electrons. The van der Waals surface area contributed by atoms with Crippen LogP contribution < -0.4 is 0 Å². The Labute approximate surface area is 121 Å². The highest BCUT2D eigenvalue weighted by Crippen LogP contribution is 2.16. The maximum Gasteiger partial charge on any atom is 0.204 e. The molecule has 0 saturated carbocycles. The largest absolute Gasteiger partial charge is 0.289 e. The molecule has 0 amide bonds. The first kappa shape index (κ1) is 12.9. The number of carbonyl (C=O) groups excluding carboxylic acids is 1. The molecule has 0 aliphatic rings. The second-order valence-corrected chi connectivity index (χ2v) is 4.42.